The maximum Gasteiger partial charge on any atom is 0.235 e. The highest BCUT2D eigenvalue weighted by Crippen LogP contribution is 2.41. The number of carbonyl (C=O) groups is 1. The predicted molar refractivity (Wildman–Crippen MR) is 107 cm³/mol. The van der Waals surface area contributed by atoms with Crippen LogP contribution in [0.15, 0.2) is 29.7 Å². The summed E-state index contributed by atoms with van der Waals surface area (Å²) in [5.41, 5.74) is 0.904. The second kappa shape index (κ2) is 7.47. The van der Waals surface area contributed by atoms with E-state index in [2.05, 4.69) is 19.7 Å². The largest absolute Gasteiger partial charge is 0.341 e. The van der Waals surface area contributed by atoms with E-state index in [1.165, 1.54) is 11.8 Å². The molecule has 2 aromatic rings. The van der Waals surface area contributed by atoms with E-state index in [0.29, 0.717) is 12.5 Å². The highest BCUT2D eigenvalue weighted by Gasteiger charge is 2.36. The average Bonchev–Trinajstić information content (AvgIpc) is 3.34. The molecule has 0 spiro atoms. The fraction of sp³-hybridized carbons (Fsp3) is 0.556. The molecule has 1 aliphatic carbocycles. The van der Waals surface area contributed by atoms with E-state index in [-0.39, 0.29) is 28.7 Å². The highest BCUT2D eigenvalue weighted by atomic mass is 32.2. The summed E-state index contributed by atoms with van der Waals surface area (Å²) in [5, 5.41) is 9.03. The van der Waals surface area contributed by atoms with Crippen LogP contribution < -0.4 is 0 Å². The summed E-state index contributed by atoms with van der Waals surface area (Å²) in [6, 6.07) is 3.93. The van der Waals surface area contributed by atoms with Gasteiger partial charge in [-0.25, -0.2) is 8.42 Å². The van der Waals surface area contributed by atoms with Crippen molar-refractivity contribution in [3.05, 3.63) is 24.5 Å². The molecule has 2 aromatic heterocycles. The van der Waals surface area contributed by atoms with Gasteiger partial charge in [0.1, 0.15) is 0 Å². The number of sulfone groups is 1. The van der Waals surface area contributed by atoms with Crippen molar-refractivity contribution in [3.63, 3.8) is 0 Å². The summed E-state index contributed by atoms with van der Waals surface area (Å²) in [6.45, 7) is 1.84. The van der Waals surface area contributed by atoms with Gasteiger partial charge in [-0.15, -0.1) is 10.2 Å². The Hall–Kier alpha value is -1.94. The van der Waals surface area contributed by atoms with Crippen molar-refractivity contribution in [2.75, 3.05) is 18.6 Å². The Balaban J connectivity index is 1.51. The Morgan fingerprint density at radius 2 is 2.11 bits per heavy atom. The first-order chi connectivity index (χ1) is 13.4. The maximum atomic E-state index is 12.9. The summed E-state index contributed by atoms with van der Waals surface area (Å²) in [5.74, 6) is 0.894. The van der Waals surface area contributed by atoms with E-state index in [1.807, 2.05) is 19.1 Å². The van der Waals surface area contributed by atoms with Crippen LogP contribution in [0.25, 0.3) is 11.4 Å². The van der Waals surface area contributed by atoms with Gasteiger partial charge in [0.2, 0.25) is 5.91 Å². The molecule has 1 saturated carbocycles. The number of amides is 1. The van der Waals surface area contributed by atoms with Gasteiger partial charge in [-0.1, -0.05) is 11.8 Å². The third kappa shape index (κ3) is 3.93. The zero-order valence-corrected chi connectivity index (χ0v) is 17.5. The van der Waals surface area contributed by atoms with Crippen molar-refractivity contribution < 1.29 is 13.2 Å². The number of nitrogens with zero attached hydrogens (tertiary/aromatic N) is 5. The first-order valence-corrected chi connectivity index (χ1v) is 12.0. The zero-order chi connectivity index (χ0) is 19.9. The van der Waals surface area contributed by atoms with Crippen LogP contribution in [0.2, 0.25) is 0 Å². The molecule has 0 radical (unpaired) electrons. The van der Waals surface area contributed by atoms with Gasteiger partial charge in [0.05, 0.1) is 16.8 Å². The van der Waals surface area contributed by atoms with E-state index < -0.39 is 9.84 Å². The van der Waals surface area contributed by atoms with Gasteiger partial charge < -0.3 is 4.90 Å². The van der Waals surface area contributed by atoms with Crippen molar-refractivity contribution in [2.24, 2.45) is 0 Å². The molecule has 0 bridgehead atoms. The molecule has 150 valence electrons. The number of hydrogen-bond donors (Lipinski definition) is 0. The predicted octanol–water partition coefficient (Wildman–Crippen LogP) is 1.80. The van der Waals surface area contributed by atoms with Crippen molar-refractivity contribution in [3.8, 4) is 11.4 Å². The lowest BCUT2D eigenvalue weighted by molar-refractivity contribution is -0.130. The third-order valence-electron chi connectivity index (χ3n) is 5.23. The molecule has 0 N–H and O–H groups in total. The quantitative estimate of drug-likeness (QED) is 0.656. The third-order valence-corrected chi connectivity index (χ3v) is 8.02. The van der Waals surface area contributed by atoms with E-state index in [9.17, 15) is 13.2 Å². The van der Waals surface area contributed by atoms with Gasteiger partial charge in [0, 0.05) is 37.1 Å². The van der Waals surface area contributed by atoms with Crippen LogP contribution in [0.5, 0.6) is 0 Å². The molecule has 3 heterocycles. The standard InChI is InChI=1S/C18H23N5O3S2/c1-12(17(24)22(2)15-7-9-28(25,26)11-15)27-18-21-20-16(23(18)14-5-6-14)13-4-3-8-19-10-13/h3-4,8,10,12,14-15H,5-7,9,11H2,1-2H3. The molecule has 0 aromatic carbocycles. The monoisotopic (exact) mass is 421 g/mol. The summed E-state index contributed by atoms with van der Waals surface area (Å²) in [6.07, 6.45) is 6.13. The van der Waals surface area contributed by atoms with Gasteiger partial charge in [-0.2, -0.15) is 0 Å². The molecule has 2 unspecified atom stereocenters. The Morgan fingerprint density at radius 3 is 2.71 bits per heavy atom. The van der Waals surface area contributed by atoms with Crippen molar-refractivity contribution in [1.29, 1.82) is 0 Å². The molecule has 28 heavy (non-hydrogen) atoms. The molecule has 2 fully saturated rings. The topological polar surface area (TPSA) is 98.1 Å². The Kier molecular flexibility index (Phi) is 5.17. The number of aromatic nitrogens is 4. The minimum Gasteiger partial charge on any atom is -0.341 e. The lowest BCUT2D eigenvalue weighted by Crippen LogP contribution is -2.41. The van der Waals surface area contributed by atoms with Crippen LogP contribution in [0, 0.1) is 0 Å². The normalized spacial score (nSPS) is 22.1. The van der Waals surface area contributed by atoms with Gasteiger partial charge >= 0.3 is 0 Å². The Labute approximate surface area is 168 Å². The van der Waals surface area contributed by atoms with Crippen molar-refractivity contribution >= 4 is 27.5 Å². The van der Waals surface area contributed by atoms with Crippen LogP contribution in [0.4, 0.5) is 0 Å². The van der Waals surface area contributed by atoms with E-state index >= 15 is 0 Å². The average molecular weight is 422 g/mol. The number of rotatable bonds is 6. The smallest absolute Gasteiger partial charge is 0.235 e. The molecule has 1 aliphatic heterocycles. The van der Waals surface area contributed by atoms with Crippen molar-refractivity contribution in [1.82, 2.24) is 24.6 Å². The number of pyridine rings is 1. The molecule has 8 nitrogen and oxygen atoms in total. The van der Waals surface area contributed by atoms with Crippen LogP contribution in [-0.4, -0.2) is 68.8 Å². The fourth-order valence-corrected chi connectivity index (χ4v) is 6.26. The second-order valence-corrected chi connectivity index (χ2v) is 11.0. The first kappa shape index (κ1) is 19.4. The summed E-state index contributed by atoms with van der Waals surface area (Å²) < 4.78 is 25.5. The SMILES string of the molecule is CC(Sc1nnc(-c2cccnc2)n1C1CC1)C(=O)N(C)C1CCS(=O)(=O)C1. The van der Waals surface area contributed by atoms with Gasteiger partial charge in [-0.05, 0) is 38.3 Å². The number of thioether (sulfide) groups is 1. The lowest BCUT2D eigenvalue weighted by atomic mass is 10.2. The molecule has 2 aliphatic rings. The molecule has 2 atom stereocenters. The maximum absolute atomic E-state index is 12.9. The van der Waals surface area contributed by atoms with Crippen molar-refractivity contribution in [2.45, 2.75) is 48.7 Å². The van der Waals surface area contributed by atoms with E-state index in [0.717, 1.165) is 29.4 Å². The van der Waals surface area contributed by atoms with Crippen LogP contribution in [-0.2, 0) is 14.6 Å². The second-order valence-electron chi connectivity index (χ2n) is 7.42. The van der Waals surface area contributed by atoms with E-state index in [1.54, 1.807) is 24.3 Å². The molecular weight excluding hydrogens is 398 g/mol. The Bertz CT molecular complexity index is 972. The first-order valence-electron chi connectivity index (χ1n) is 9.35. The highest BCUT2D eigenvalue weighted by molar-refractivity contribution is 8.00. The minimum atomic E-state index is -3.03. The molecule has 1 saturated heterocycles. The molecule has 1 amide bonds. The van der Waals surface area contributed by atoms with Gasteiger partial charge in [0.25, 0.3) is 0 Å². The lowest BCUT2D eigenvalue weighted by Gasteiger charge is -2.26. The molecular formula is C18H23N5O3S2. The summed E-state index contributed by atoms with van der Waals surface area (Å²) in [7, 11) is -1.34. The Morgan fingerprint density at radius 1 is 1.32 bits per heavy atom. The van der Waals surface area contributed by atoms with Crippen LogP contribution in [0.1, 0.15) is 32.2 Å². The van der Waals surface area contributed by atoms with Gasteiger partial charge in [-0.3, -0.25) is 14.3 Å². The van der Waals surface area contributed by atoms with E-state index in [4.69, 9.17) is 0 Å². The summed E-state index contributed by atoms with van der Waals surface area (Å²) in [4.78, 5) is 18.6. The minimum absolute atomic E-state index is 0.0516. The fourth-order valence-electron chi connectivity index (χ4n) is 3.47. The molecule has 10 heteroatoms. The van der Waals surface area contributed by atoms with Crippen LogP contribution >= 0.6 is 11.8 Å². The van der Waals surface area contributed by atoms with Crippen LogP contribution in [0.3, 0.4) is 0 Å². The molecule has 4 rings (SSSR count). The summed E-state index contributed by atoms with van der Waals surface area (Å²) >= 11 is 1.38. The number of hydrogen-bond acceptors (Lipinski definition) is 7. The van der Waals surface area contributed by atoms with Gasteiger partial charge in [0.15, 0.2) is 20.8 Å². The zero-order valence-electron chi connectivity index (χ0n) is 15.9. The number of carbonyl (C=O) groups excluding carboxylic acids is 1.